The molecule has 0 aliphatic carbocycles. The molecule has 0 unspecified atom stereocenters. The van der Waals surface area contributed by atoms with Gasteiger partial charge >= 0.3 is 0 Å². The molecular formula is C35H70O11. The van der Waals surface area contributed by atoms with E-state index in [2.05, 4.69) is 13.5 Å². The van der Waals surface area contributed by atoms with Crippen molar-refractivity contribution in [1.29, 1.82) is 0 Å². The summed E-state index contributed by atoms with van der Waals surface area (Å²) in [5.41, 5.74) is 0. The lowest BCUT2D eigenvalue weighted by Gasteiger charge is -2.09. The molecule has 0 bridgehead atoms. The predicted molar refractivity (Wildman–Crippen MR) is 181 cm³/mol. The van der Waals surface area contributed by atoms with Crippen molar-refractivity contribution >= 4 is 0 Å². The highest BCUT2D eigenvalue weighted by atomic mass is 16.6. The maximum Gasteiger partial charge on any atom is 0.111 e. The number of ether oxygens (including phenoxy) is 11. The monoisotopic (exact) mass is 666 g/mol. The molecule has 11 nitrogen and oxygen atoms in total. The Kier molecular flexibility index (Phi) is 43.3. The molecule has 0 fully saturated rings. The van der Waals surface area contributed by atoms with Gasteiger partial charge in [0.15, 0.2) is 0 Å². The lowest BCUT2D eigenvalue weighted by atomic mass is 10.1. The van der Waals surface area contributed by atoms with Crippen LogP contribution in [0.2, 0.25) is 0 Å². The number of unbranched alkanes of at least 4 members (excludes halogenated alkanes) is 10. The summed E-state index contributed by atoms with van der Waals surface area (Å²) >= 11 is 0. The summed E-state index contributed by atoms with van der Waals surface area (Å²) in [7, 11) is 0. The summed E-state index contributed by atoms with van der Waals surface area (Å²) in [6.07, 6.45) is 16.3. The molecule has 0 N–H and O–H groups in total. The molecule has 0 aliphatic rings. The summed E-state index contributed by atoms with van der Waals surface area (Å²) < 4.78 is 59.8. The van der Waals surface area contributed by atoms with Gasteiger partial charge in [-0.3, -0.25) is 0 Å². The van der Waals surface area contributed by atoms with E-state index in [9.17, 15) is 0 Å². The van der Waals surface area contributed by atoms with Gasteiger partial charge in [0.25, 0.3) is 0 Å². The highest BCUT2D eigenvalue weighted by molar-refractivity contribution is 4.49. The van der Waals surface area contributed by atoms with E-state index in [1.165, 1.54) is 70.5 Å². The smallest absolute Gasteiger partial charge is 0.111 e. The molecule has 46 heavy (non-hydrogen) atoms. The van der Waals surface area contributed by atoms with E-state index in [1.807, 2.05) is 0 Å². The van der Waals surface area contributed by atoms with Crippen LogP contribution in [0.15, 0.2) is 12.8 Å². The van der Waals surface area contributed by atoms with Crippen molar-refractivity contribution in [2.45, 2.75) is 77.6 Å². The van der Waals surface area contributed by atoms with Crippen LogP contribution in [0.3, 0.4) is 0 Å². The summed E-state index contributed by atoms with van der Waals surface area (Å²) in [5, 5.41) is 0. The molecule has 0 aliphatic heterocycles. The number of hydrogen-bond donors (Lipinski definition) is 0. The van der Waals surface area contributed by atoms with Gasteiger partial charge in [0.1, 0.15) is 6.61 Å². The molecule has 276 valence electrons. The van der Waals surface area contributed by atoms with E-state index in [-0.39, 0.29) is 0 Å². The second kappa shape index (κ2) is 44.1. The highest BCUT2D eigenvalue weighted by Gasteiger charge is 1.97. The predicted octanol–water partition coefficient (Wildman–Crippen LogP) is 5.62. The summed E-state index contributed by atoms with van der Waals surface area (Å²) in [4.78, 5) is 0. The van der Waals surface area contributed by atoms with Crippen molar-refractivity contribution in [3.05, 3.63) is 12.8 Å². The third-order valence-corrected chi connectivity index (χ3v) is 6.70. The van der Waals surface area contributed by atoms with Gasteiger partial charge in [-0.15, -0.1) is 0 Å². The van der Waals surface area contributed by atoms with E-state index >= 15 is 0 Å². The van der Waals surface area contributed by atoms with E-state index in [4.69, 9.17) is 52.1 Å². The molecule has 0 aromatic carbocycles. The fourth-order valence-corrected chi connectivity index (χ4v) is 4.14. The Balaban J connectivity index is 3.03. The molecule has 0 radical (unpaired) electrons. The first-order chi connectivity index (χ1) is 22.9. The third kappa shape index (κ3) is 43.1. The molecule has 0 heterocycles. The molecule has 0 spiro atoms. The van der Waals surface area contributed by atoms with Gasteiger partial charge in [0.05, 0.1) is 132 Å². The molecule has 0 saturated carbocycles. The largest absolute Gasteiger partial charge is 0.499 e. The highest BCUT2D eigenvalue weighted by Crippen LogP contribution is 2.11. The van der Waals surface area contributed by atoms with Crippen LogP contribution >= 0.6 is 0 Å². The van der Waals surface area contributed by atoms with Gasteiger partial charge in [-0.25, -0.2) is 0 Å². The zero-order chi connectivity index (χ0) is 33.1. The molecule has 0 saturated heterocycles. The van der Waals surface area contributed by atoms with E-state index < -0.39 is 0 Å². The van der Waals surface area contributed by atoms with Crippen LogP contribution in [0.5, 0.6) is 0 Å². The van der Waals surface area contributed by atoms with Crippen LogP contribution in [0.4, 0.5) is 0 Å². The van der Waals surface area contributed by atoms with Gasteiger partial charge in [0, 0.05) is 6.61 Å². The molecular weight excluding hydrogens is 596 g/mol. The van der Waals surface area contributed by atoms with Crippen LogP contribution in [0.1, 0.15) is 77.6 Å². The van der Waals surface area contributed by atoms with Crippen molar-refractivity contribution in [3.63, 3.8) is 0 Å². The van der Waals surface area contributed by atoms with Crippen LogP contribution < -0.4 is 0 Å². The third-order valence-electron chi connectivity index (χ3n) is 6.70. The van der Waals surface area contributed by atoms with Gasteiger partial charge in [0.2, 0.25) is 0 Å². The second-order valence-corrected chi connectivity index (χ2v) is 10.7. The van der Waals surface area contributed by atoms with Crippen LogP contribution in [-0.2, 0) is 52.1 Å². The van der Waals surface area contributed by atoms with Crippen molar-refractivity contribution < 1.29 is 52.1 Å². The molecule has 0 aromatic heterocycles. The lowest BCUT2D eigenvalue weighted by molar-refractivity contribution is -0.0269. The molecule has 11 heteroatoms. The molecule has 0 rings (SSSR count). The van der Waals surface area contributed by atoms with Gasteiger partial charge in [-0.2, -0.15) is 0 Å². The van der Waals surface area contributed by atoms with Crippen molar-refractivity contribution in [3.8, 4) is 0 Å². The maximum atomic E-state index is 5.65. The quantitative estimate of drug-likeness (QED) is 0.0599. The van der Waals surface area contributed by atoms with E-state index in [0.29, 0.717) is 132 Å². The number of hydrogen-bond acceptors (Lipinski definition) is 11. The summed E-state index contributed by atoms with van der Waals surface area (Å²) in [5.74, 6) is 0. The van der Waals surface area contributed by atoms with Crippen molar-refractivity contribution in [2.24, 2.45) is 0 Å². The second-order valence-electron chi connectivity index (χ2n) is 10.7. The van der Waals surface area contributed by atoms with E-state index in [1.54, 1.807) is 0 Å². The molecule has 0 amide bonds. The first-order valence-electron chi connectivity index (χ1n) is 17.9. The minimum atomic E-state index is 0.506. The Bertz CT molecular complexity index is 543. The minimum Gasteiger partial charge on any atom is -0.499 e. The summed E-state index contributed by atoms with van der Waals surface area (Å²) in [6.45, 7) is 17.4. The van der Waals surface area contributed by atoms with Crippen molar-refractivity contribution in [2.75, 3.05) is 139 Å². The van der Waals surface area contributed by atoms with Crippen LogP contribution in [0.25, 0.3) is 0 Å². The minimum absolute atomic E-state index is 0.506. The Morgan fingerprint density at radius 1 is 0.283 bits per heavy atom. The van der Waals surface area contributed by atoms with Crippen LogP contribution in [0, 0.1) is 0 Å². The molecule has 0 atom stereocenters. The SMILES string of the molecule is C=COCCOCCOCCOCCOCCOCCOCCOCCOCCOCCOCCCCCCCCCCCCC. The fourth-order valence-electron chi connectivity index (χ4n) is 4.14. The van der Waals surface area contributed by atoms with Gasteiger partial charge < -0.3 is 52.1 Å². The maximum absolute atomic E-state index is 5.65. The Morgan fingerprint density at radius 3 is 0.761 bits per heavy atom. The average molecular weight is 667 g/mol. The summed E-state index contributed by atoms with van der Waals surface area (Å²) in [6, 6.07) is 0. The first-order valence-corrected chi connectivity index (χ1v) is 17.9. The van der Waals surface area contributed by atoms with Crippen molar-refractivity contribution in [1.82, 2.24) is 0 Å². The van der Waals surface area contributed by atoms with Gasteiger partial charge in [-0.05, 0) is 6.42 Å². The Labute approximate surface area is 281 Å². The van der Waals surface area contributed by atoms with E-state index in [0.717, 1.165) is 13.0 Å². The topological polar surface area (TPSA) is 102 Å². The Morgan fingerprint density at radius 2 is 0.500 bits per heavy atom. The standard InChI is InChI=1S/C35H70O11/c1-3-5-6-7-8-9-10-11-12-13-14-15-37-18-19-39-22-23-41-26-27-43-30-31-45-34-35-46-33-32-44-29-28-42-25-24-40-21-20-38-17-16-36-4-2/h4H,2-3,5-35H2,1H3. The Hall–Kier alpha value is -0.860. The normalized spacial score (nSPS) is 11.4. The molecule has 0 aromatic rings. The van der Waals surface area contributed by atoms with Crippen LogP contribution in [-0.4, -0.2) is 139 Å². The number of rotatable bonds is 43. The lowest BCUT2D eigenvalue weighted by Crippen LogP contribution is -2.15. The fraction of sp³-hybridized carbons (Fsp3) is 0.943. The zero-order valence-electron chi connectivity index (χ0n) is 29.4. The van der Waals surface area contributed by atoms with Gasteiger partial charge in [-0.1, -0.05) is 77.7 Å². The average Bonchev–Trinajstić information content (AvgIpc) is 3.07. The first kappa shape index (κ1) is 45.1. The zero-order valence-corrected chi connectivity index (χ0v) is 29.4.